The molecule has 4 rings (SSSR count). The minimum Gasteiger partial charge on any atom is -0.469 e. The van der Waals surface area contributed by atoms with E-state index in [1.54, 1.807) is 4.90 Å². The number of ether oxygens (including phenoxy) is 1. The van der Waals surface area contributed by atoms with E-state index in [9.17, 15) is 18.8 Å². The summed E-state index contributed by atoms with van der Waals surface area (Å²) in [5.74, 6) is -1.81. The van der Waals surface area contributed by atoms with Crippen LogP contribution in [0.5, 0.6) is 0 Å². The first-order valence-corrected chi connectivity index (χ1v) is 9.48. The van der Waals surface area contributed by atoms with Gasteiger partial charge in [-0.15, -0.1) is 0 Å². The monoisotopic (exact) mass is 396 g/mol. The van der Waals surface area contributed by atoms with Gasteiger partial charge in [0.25, 0.3) is 5.91 Å². The predicted molar refractivity (Wildman–Crippen MR) is 102 cm³/mol. The minimum atomic E-state index is -0.489. The van der Waals surface area contributed by atoms with Crippen LogP contribution in [0.25, 0.3) is 0 Å². The summed E-state index contributed by atoms with van der Waals surface area (Å²) in [6.45, 7) is 0.239. The van der Waals surface area contributed by atoms with Gasteiger partial charge in [0.2, 0.25) is 5.91 Å². The smallest absolute Gasteiger partial charge is 0.311 e. The van der Waals surface area contributed by atoms with Crippen LogP contribution in [-0.2, 0) is 14.3 Å². The Hall–Kier alpha value is -3.22. The molecule has 2 aromatic rings. The van der Waals surface area contributed by atoms with Crippen LogP contribution in [0.3, 0.4) is 0 Å². The maximum Gasteiger partial charge on any atom is 0.311 e. The van der Waals surface area contributed by atoms with Gasteiger partial charge < -0.3 is 14.5 Å². The van der Waals surface area contributed by atoms with E-state index in [0.29, 0.717) is 18.5 Å². The van der Waals surface area contributed by atoms with Gasteiger partial charge in [0.15, 0.2) is 0 Å². The lowest BCUT2D eigenvalue weighted by molar-refractivity contribution is -0.147. The number of esters is 1. The van der Waals surface area contributed by atoms with Crippen LogP contribution < -0.4 is 0 Å². The number of carbonyl (C=O) groups excluding carboxylic acids is 3. The maximum absolute atomic E-state index is 13.2. The van der Waals surface area contributed by atoms with Gasteiger partial charge in [-0.05, 0) is 36.2 Å². The summed E-state index contributed by atoms with van der Waals surface area (Å²) in [6.07, 6.45) is 0.422. The third-order valence-electron chi connectivity index (χ3n) is 5.67. The predicted octanol–water partition coefficient (Wildman–Crippen LogP) is 2.41. The van der Waals surface area contributed by atoms with Crippen LogP contribution in [0.15, 0.2) is 54.6 Å². The Kier molecular flexibility index (Phi) is 5.05. The molecule has 0 aliphatic carbocycles. The van der Waals surface area contributed by atoms with Crippen molar-refractivity contribution < 1.29 is 23.5 Å². The van der Waals surface area contributed by atoms with Crippen molar-refractivity contribution in [2.75, 3.05) is 20.2 Å². The number of piperazine rings is 1. The number of carbonyl (C=O) groups is 3. The fourth-order valence-electron chi connectivity index (χ4n) is 4.39. The molecule has 0 radical (unpaired) electrons. The third-order valence-corrected chi connectivity index (χ3v) is 5.67. The number of amides is 2. The summed E-state index contributed by atoms with van der Waals surface area (Å²) >= 11 is 0. The van der Waals surface area contributed by atoms with Crippen molar-refractivity contribution in [1.82, 2.24) is 9.80 Å². The Labute approximate surface area is 167 Å². The Morgan fingerprint density at radius 2 is 1.76 bits per heavy atom. The van der Waals surface area contributed by atoms with E-state index in [-0.39, 0.29) is 30.4 Å². The minimum absolute atomic E-state index is 0.0794. The fraction of sp³-hybridized carbons (Fsp3) is 0.318. The van der Waals surface area contributed by atoms with Gasteiger partial charge in [0.1, 0.15) is 12.4 Å². The molecule has 7 heteroatoms. The molecule has 2 amide bonds. The molecule has 0 bridgehead atoms. The molecule has 150 valence electrons. The summed E-state index contributed by atoms with van der Waals surface area (Å²) in [4.78, 5) is 41.5. The van der Waals surface area contributed by atoms with Gasteiger partial charge in [-0.25, -0.2) is 4.39 Å². The van der Waals surface area contributed by atoms with Gasteiger partial charge in [-0.3, -0.25) is 14.4 Å². The average Bonchev–Trinajstić information content (AvgIpc) is 3.14. The highest BCUT2D eigenvalue weighted by Gasteiger charge is 2.51. The Morgan fingerprint density at radius 1 is 1.07 bits per heavy atom. The van der Waals surface area contributed by atoms with Crippen molar-refractivity contribution in [2.24, 2.45) is 5.92 Å². The number of hydrogen-bond acceptors (Lipinski definition) is 4. The maximum atomic E-state index is 13.2. The van der Waals surface area contributed by atoms with Gasteiger partial charge in [0.05, 0.1) is 25.1 Å². The van der Waals surface area contributed by atoms with E-state index in [4.69, 9.17) is 4.74 Å². The van der Waals surface area contributed by atoms with Crippen LogP contribution in [0, 0.1) is 11.7 Å². The second-order valence-corrected chi connectivity index (χ2v) is 7.37. The first kappa shape index (κ1) is 19.1. The number of fused-ring (bicyclic) bond motifs is 1. The Morgan fingerprint density at radius 3 is 2.41 bits per heavy atom. The molecule has 2 aromatic carbocycles. The summed E-state index contributed by atoms with van der Waals surface area (Å²) < 4.78 is 18.1. The lowest BCUT2D eigenvalue weighted by atomic mass is 9.93. The molecule has 2 fully saturated rings. The molecule has 0 spiro atoms. The molecule has 0 unspecified atom stereocenters. The molecular weight excluding hydrogens is 375 g/mol. The van der Waals surface area contributed by atoms with E-state index in [2.05, 4.69) is 0 Å². The number of rotatable bonds is 3. The van der Waals surface area contributed by atoms with Gasteiger partial charge >= 0.3 is 5.97 Å². The highest BCUT2D eigenvalue weighted by molar-refractivity contribution is 5.97. The lowest BCUT2D eigenvalue weighted by Gasteiger charge is -2.40. The average molecular weight is 396 g/mol. The van der Waals surface area contributed by atoms with Crippen LogP contribution in [-0.4, -0.2) is 53.8 Å². The van der Waals surface area contributed by atoms with E-state index in [1.165, 1.54) is 36.3 Å². The molecule has 29 heavy (non-hydrogen) atoms. The first-order valence-electron chi connectivity index (χ1n) is 9.48. The number of halogens is 1. The molecule has 0 aromatic heterocycles. The topological polar surface area (TPSA) is 66.9 Å². The normalized spacial score (nSPS) is 23.7. The standard InChI is InChI=1S/C22H21FN2O4/c1-29-22(28)18-11-17-12-24(21(27)15-7-9-16(23)10-8-15)13-19(26)25(17)20(18)14-5-3-2-4-6-14/h2-10,17-18,20H,11-13H2,1H3/t17-,18-,20-/m0/s1. The zero-order chi connectivity index (χ0) is 20.5. The molecule has 6 nitrogen and oxygen atoms in total. The molecule has 2 heterocycles. The number of methoxy groups -OCH3 is 1. The molecule has 0 saturated carbocycles. The quantitative estimate of drug-likeness (QED) is 0.748. The number of nitrogens with zero attached hydrogens (tertiary/aromatic N) is 2. The Balaban J connectivity index is 1.61. The first-order chi connectivity index (χ1) is 14.0. The summed E-state index contributed by atoms with van der Waals surface area (Å²) in [5.41, 5.74) is 1.20. The van der Waals surface area contributed by atoms with E-state index in [0.717, 1.165) is 5.56 Å². The third kappa shape index (κ3) is 3.48. The summed E-state index contributed by atoms with van der Waals surface area (Å²) in [7, 11) is 1.34. The zero-order valence-electron chi connectivity index (χ0n) is 16.0. The number of hydrogen-bond donors (Lipinski definition) is 0. The van der Waals surface area contributed by atoms with Crippen molar-refractivity contribution >= 4 is 17.8 Å². The highest BCUT2D eigenvalue weighted by atomic mass is 19.1. The molecule has 2 aliphatic heterocycles. The van der Waals surface area contributed by atoms with Gasteiger partial charge in [-0.2, -0.15) is 0 Å². The SMILES string of the molecule is COC(=O)[C@H]1C[C@H]2CN(C(=O)c3ccc(F)cc3)CC(=O)N2[C@H]1c1ccccc1. The van der Waals surface area contributed by atoms with Crippen molar-refractivity contribution in [1.29, 1.82) is 0 Å². The van der Waals surface area contributed by atoms with Crippen LogP contribution in [0.2, 0.25) is 0 Å². The second kappa shape index (κ2) is 7.66. The van der Waals surface area contributed by atoms with Crippen LogP contribution in [0.1, 0.15) is 28.4 Å². The molecule has 3 atom stereocenters. The number of benzene rings is 2. The largest absolute Gasteiger partial charge is 0.469 e. The highest BCUT2D eigenvalue weighted by Crippen LogP contribution is 2.43. The molecule has 0 N–H and O–H groups in total. The van der Waals surface area contributed by atoms with Gasteiger partial charge in [0, 0.05) is 12.1 Å². The zero-order valence-corrected chi connectivity index (χ0v) is 16.0. The van der Waals surface area contributed by atoms with Crippen molar-refractivity contribution in [3.8, 4) is 0 Å². The van der Waals surface area contributed by atoms with E-state index in [1.807, 2.05) is 30.3 Å². The van der Waals surface area contributed by atoms with Crippen molar-refractivity contribution in [2.45, 2.75) is 18.5 Å². The van der Waals surface area contributed by atoms with Crippen LogP contribution in [0.4, 0.5) is 4.39 Å². The fourth-order valence-corrected chi connectivity index (χ4v) is 4.39. The molecular formula is C22H21FN2O4. The Bertz CT molecular complexity index is 932. The van der Waals surface area contributed by atoms with E-state index < -0.39 is 17.8 Å². The molecule has 2 aliphatic rings. The van der Waals surface area contributed by atoms with Crippen LogP contribution >= 0.6 is 0 Å². The van der Waals surface area contributed by atoms with E-state index >= 15 is 0 Å². The molecule has 2 saturated heterocycles. The van der Waals surface area contributed by atoms with Crippen molar-refractivity contribution in [3.63, 3.8) is 0 Å². The second-order valence-electron chi connectivity index (χ2n) is 7.37. The summed E-state index contributed by atoms with van der Waals surface area (Å²) in [5, 5.41) is 0. The lowest BCUT2D eigenvalue weighted by Crippen LogP contribution is -2.55. The van der Waals surface area contributed by atoms with Gasteiger partial charge in [-0.1, -0.05) is 30.3 Å². The van der Waals surface area contributed by atoms with Crippen molar-refractivity contribution in [3.05, 3.63) is 71.5 Å². The summed E-state index contributed by atoms with van der Waals surface area (Å²) in [6, 6.07) is 14.0.